The molecule has 118 valence electrons. The van der Waals surface area contributed by atoms with Crippen LogP contribution >= 0.6 is 8.69 Å². The summed E-state index contributed by atoms with van der Waals surface area (Å²) in [5.74, 6) is 1.08. The first-order chi connectivity index (χ1) is 11.1. The van der Waals surface area contributed by atoms with Gasteiger partial charge in [0.05, 0.1) is 4.92 Å². The van der Waals surface area contributed by atoms with Crippen molar-refractivity contribution in [2.24, 2.45) is 0 Å². The highest BCUT2D eigenvalue weighted by atomic mass is 31.1. The van der Waals surface area contributed by atoms with Gasteiger partial charge >= 0.3 is 8.69 Å². The normalized spacial score (nSPS) is 11.3. The molecule has 0 spiro atoms. The lowest BCUT2D eigenvalue weighted by molar-refractivity contribution is -0.422. The zero-order chi connectivity index (χ0) is 16.7. The number of hydrogen-bond donors (Lipinski definition) is 0. The van der Waals surface area contributed by atoms with Gasteiger partial charge in [0.15, 0.2) is 0 Å². The summed E-state index contributed by atoms with van der Waals surface area (Å²) in [5, 5.41) is 10.7. The summed E-state index contributed by atoms with van der Waals surface area (Å²) in [6.45, 7) is 1.61. The zero-order valence-corrected chi connectivity index (χ0v) is 13.2. The molecule has 0 radical (unpaired) electrons. The molecule has 0 atom stereocenters. The van der Waals surface area contributed by atoms with Crippen LogP contribution in [-0.4, -0.2) is 4.92 Å². The van der Waals surface area contributed by atoms with Crippen LogP contribution in [-0.2, 0) is 11.2 Å². The number of benzene rings is 2. The molecule has 0 heterocycles. The van der Waals surface area contributed by atoms with Crippen molar-refractivity contribution >= 4 is 14.8 Å². The van der Waals surface area contributed by atoms with Crippen LogP contribution in [0, 0.1) is 10.1 Å². The SMILES string of the molecule is CC(=Cc1ccc(OP=O)c(COc2ccccc2)c1)[N+](=O)[O-]. The molecule has 0 aliphatic heterocycles. The second kappa shape index (κ2) is 8.06. The maximum Gasteiger partial charge on any atom is 0.395 e. The van der Waals surface area contributed by atoms with Crippen molar-refractivity contribution < 1.29 is 18.7 Å². The Balaban J connectivity index is 2.25. The fraction of sp³-hybridized carbons (Fsp3) is 0.125. The predicted octanol–water partition coefficient (Wildman–Crippen LogP) is 4.49. The minimum Gasteiger partial charge on any atom is -0.489 e. The number of para-hydroxylation sites is 1. The number of nitro groups is 1. The standard InChI is InChI=1S/C16H14NO5P/c1-12(17(18)19)9-13-7-8-16(22-23-20)14(10-13)11-21-15-5-3-2-4-6-15/h2-10H,11H2,1H3. The number of hydrogen-bond acceptors (Lipinski definition) is 5. The third-order valence-electron chi connectivity index (χ3n) is 3.02. The van der Waals surface area contributed by atoms with Gasteiger partial charge in [0.2, 0.25) is 5.70 Å². The van der Waals surface area contributed by atoms with Crippen molar-refractivity contribution in [2.75, 3.05) is 0 Å². The van der Waals surface area contributed by atoms with E-state index in [9.17, 15) is 14.7 Å². The van der Waals surface area contributed by atoms with Crippen molar-refractivity contribution in [2.45, 2.75) is 13.5 Å². The van der Waals surface area contributed by atoms with E-state index in [1.165, 1.54) is 13.0 Å². The quantitative estimate of drug-likeness (QED) is 0.424. The average molecular weight is 331 g/mol. The molecule has 0 bridgehead atoms. The van der Waals surface area contributed by atoms with E-state index in [0.29, 0.717) is 22.6 Å². The Hall–Kier alpha value is -2.72. The Kier molecular flexibility index (Phi) is 5.83. The Morgan fingerprint density at radius 3 is 2.65 bits per heavy atom. The van der Waals surface area contributed by atoms with Crippen LogP contribution in [0.25, 0.3) is 6.08 Å². The molecular weight excluding hydrogens is 317 g/mol. The number of nitrogens with zero attached hydrogens (tertiary/aromatic N) is 1. The average Bonchev–Trinajstić information content (AvgIpc) is 2.56. The van der Waals surface area contributed by atoms with Gasteiger partial charge in [-0.2, -0.15) is 0 Å². The molecular formula is C16H14NO5P. The second-order valence-corrected chi connectivity index (χ2v) is 5.01. The van der Waals surface area contributed by atoms with Crippen LogP contribution in [0.3, 0.4) is 0 Å². The van der Waals surface area contributed by atoms with Crippen molar-refractivity contribution in [3.63, 3.8) is 0 Å². The highest BCUT2D eigenvalue weighted by Gasteiger charge is 2.09. The molecule has 0 aromatic heterocycles. The first kappa shape index (κ1) is 16.6. The van der Waals surface area contributed by atoms with Crippen LogP contribution < -0.4 is 9.26 Å². The first-order valence-corrected chi connectivity index (χ1v) is 7.46. The van der Waals surface area contributed by atoms with Gasteiger partial charge in [0.25, 0.3) is 0 Å². The van der Waals surface area contributed by atoms with Gasteiger partial charge in [0.1, 0.15) is 18.1 Å². The van der Waals surface area contributed by atoms with E-state index in [4.69, 9.17) is 9.26 Å². The molecule has 2 aromatic rings. The van der Waals surface area contributed by atoms with Crippen molar-refractivity contribution in [1.82, 2.24) is 0 Å². The fourth-order valence-corrected chi connectivity index (χ4v) is 2.16. The van der Waals surface area contributed by atoms with Gasteiger partial charge in [0, 0.05) is 18.6 Å². The summed E-state index contributed by atoms with van der Waals surface area (Å²) in [7, 11) is -0.476. The monoisotopic (exact) mass is 331 g/mol. The topological polar surface area (TPSA) is 78.7 Å². The maximum absolute atomic E-state index is 10.7. The van der Waals surface area contributed by atoms with Crippen molar-refractivity contribution in [3.8, 4) is 11.5 Å². The molecule has 0 unspecified atom stereocenters. The lowest BCUT2D eigenvalue weighted by Crippen LogP contribution is -1.98. The van der Waals surface area contributed by atoms with Crippen LogP contribution in [0.2, 0.25) is 0 Å². The van der Waals surface area contributed by atoms with E-state index >= 15 is 0 Å². The molecule has 0 amide bonds. The highest BCUT2D eigenvalue weighted by molar-refractivity contribution is 7.17. The predicted molar refractivity (Wildman–Crippen MR) is 86.1 cm³/mol. The summed E-state index contributed by atoms with van der Waals surface area (Å²) in [5.41, 5.74) is 1.30. The third-order valence-corrected chi connectivity index (χ3v) is 3.29. The highest BCUT2D eigenvalue weighted by Crippen LogP contribution is 2.26. The molecule has 23 heavy (non-hydrogen) atoms. The minimum absolute atomic E-state index is 0.0237. The second-order valence-electron chi connectivity index (χ2n) is 4.68. The molecule has 0 saturated heterocycles. The minimum atomic E-state index is -0.476. The molecule has 2 aromatic carbocycles. The summed E-state index contributed by atoms with van der Waals surface area (Å²) in [4.78, 5) is 10.3. The van der Waals surface area contributed by atoms with Crippen molar-refractivity contribution in [3.05, 3.63) is 75.5 Å². The lowest BCUT2D eigenvalue weighted by atomic mass is 10.1. The van der Waals surface area contributed by atoms with E-state index < -0.39 is 13.6 Å². The van der Waals surface area contributed by atoms with Crippen LogP contribution in [0.1, 0.15) is 18.1 Å². The van der Waals surface area contributed by atoms with E-state index in [1.807, 2.05) is 30.3 Å². The molecule has 2 rings (SSSR count). The lowest BCUT2D eigenvalue weighted by Gasteiger charge is -2.10. The molecule has 0 N–H and O–H groups in total. The smallest absolute Gasteiger partial charge is 0.395 e. The first-order valence-electron chi connectivity index (χ1n) is 6.73. The number of rotatable bonds is 7. The van der Waals surface area contributed by atoms with E-state index in [0.717, 1.165) is 0 Å². The largest absolute Gasteiger partial charge is 0.489 e. The third kappa shape index (κ3) is 4.90. The van der Waals surface area contributed by atoms with Gasteiger partial charge in [-0.25, -0.2) is 4.57 Å². The molecule has 7 heteroatoms. The van der Waals surface area contributed by atoms with E-state index in [-0.39, 0.29) is 12.3 Å². The Morgan fingerprint density at radius 1 is 1.26 bits per heavy atom. The van der Waals surface area contributed by atoms with Crippen molar-refractivity contribution in [1.29, 1.82) is 0 Å². The molecule has 0 fully saturated rings. The Labute approximate surface area is 134 Å². The van der Waals surface area contributed by atoms with Crippen LogP contribution in [0.15, 0.2) is 54.2 Å². The summed E-state index contributed by atoms with van der Waals surface area (Å²) in [6, 6.07) is 14.2. The summed E-state index contributed by atoms with van der Waals surface area (Å²) in [6.07, 6.45) is 1.45. The molecule has 0 aliphatic rings. The summed E-state index contributed by atoms with van der Waals surface area (Å²) < 4.78 is 21.3. The Morgan fingerprint density at radius 2 is 2.00 bits per heavy atom. The van der Waals surface area contributed by atoms with Crippen LogP contribution in [0.4, 0.5) is 0 Å². The fourth-order valence-electron chi connectivity index (χ4n) is 1.90. The van der Waals surface area contributed by atoms with Gasteiger partial charge in [-0.3, -0.25) is 10.1 Å². The summed E-state index contributed by atoms with van der Waals surface area (Å²) >= 11 is 0. The Bertz CT molecular complexity index is 731. The molecule has 0 aliphatic carbocycles. The number of ether oxygens (including phenoxy) is 1. The van der Waals surface area contributed by atoms with Gasteiger partial charge in [-0.1, -0.05) is 24.3 Å². The maximum atomic E-state index is 10.7. The number of allylic oxidation sites excluding steroid dienone is 1. The zero-order valence-electron chi connectivity index (χ0n) is 12.3. The molecule has 0 saturated carbocycles. The van der Waals surface area contributed by atoms with Gasteiger partial charge in [-0.05, 0) is 29.8 Å². The van der Waals surface area contributed by atoms with Crippen LogP contribution in [0.5, 0.6) is 11.5 Å². The van der Waals surface area contributed by atoms with Gasteiger partial charge < -0.3 is 9.26 Å². The molecule has 6 nitrogen and oxygen atoms in total. The van der Waals surface area contributed by atoms with Gasteiger partial charge in [-0.15, -0.1) is 0 Å². The van der Waals surface area contributed by atoms with E-state index in [2.05, 4.69) is 0 Å². The van der Waals surface area contributed by atoms with E-state index in [1.54, 1.807) is 18.2 Å².